The molecule has 4 heteroatoms. The Hall–Kier alpha value is -0.373. The molecule has 0 aliphatic carbocycles. The molecule has 3 nitrogen and oxygen atoms in total. The monoisotopic (exact) mass is 201 g/mol. The fraction of sp³-hybridized carbons (Fsp3) is 0.889. The predicted octanol–water partition coefficient (Wildman–Crippen LogP) is 1.23. The van der Waals surface area contributed by atoms with Gasteiger partial charge in [0.05, 0.1) is 15.6 Å². The third kappa shape index (κ3) is 7.97. The molecule has 0 saturated heterocycles. The second kappa shape index (κ2) is 9.71. The van der Waals surface area contributed by atoms with Crippen LogP contribution < -0.4 is 0 Å². The van der Waals surface area contributed by atoms with E-state index in [4.69, 9.17) is 14.7 Å². The molecular weight excluding hydrogens is 182 g/mol. The van der Waals surface area contributed by atoms with Gasteiger partial charge < -0.3 is 9.47 Å². The molecule has 0 fully saturated rings. The van der Waals surface area contributed by atoms with E-state index in [0.717, 1.165) is 25.7 Å². The Morgan fingerprint density at radius 3 is 2.38 bits per heavy atom. The van der Waals surface area contributed by atoms with Crippen molar-refractivity contribution in [3.05, 3.63) is 0 Å². The normalized spacial score (nSPS) is 11.2. The highest BCUT2D eigenvalue weighted by Crippen LogP contribution is 2.00. The zero-order valence-electron chi connectivity index (χ0n) is 8.58. The van der Waals surface area contributed by atoms with Crippen LogP contribution in [0, 0.1) is 11.3 Å². The summed E-state index contributed by atoms with van der Waals surface area (Å²) in [6, 6.07) is 3.28. The fourth-order valence-corrected chi connectivity index (χ4v) is 2.78. The molecule has 0 aromatic rings. The van der Waals surface area contributed by atoms with Crippen molar-refractivity contribution >= 4 is 9.52 Å². The zero-order chi connectivity index (χ0) is 9.94. The van der Waals surface area contributed by atoms with Crippen LogP contribution >= 0.6 is 0 Å². The van der Waals surface area contributed by atoms with Gasteiger partial charge in [-0.2, -0.15) is 5.26 Å². The molecular formula is C9H19NO2Si. The van der Waals surface area contributed by atoms with Crippen molar-refractivity contribution in [3.63, 3.8) is 0 Å². The largest absolute Gasteiger partial charge is 0.357 e. The first-order valence-electron chi connectivity index (χ1n) is 4.95. The minimum atomic E-state index is -0.313. The maximum atomic E-state index is 8.34. The first-order valence-corrected chi connectivity index (χ1v) is 6.76. The van der Waals surface area contributed by atoms with E-state index in [2.05, 4.69) is 6.07 Å². The van der Waals surface area contributed by atoms with Crippen LogP contribution in [-0.4, -0.2) is 28.6 Å². The van der Waals surface area contributed by atoms with Crippen molar-refractivity contribution in [2.75, 3.05) is 13.2 Å². The number of rotatable bonds is 8. The molecule has 0 heterocycles. The zero-order valence-corrected chi connectivity index (χ0v) is 10.00. The summed E-state index contributed by atoms with van der Waals surface area (Å²) < 4.78 is 10.8. The average Bonchev–Trinajstić information content (AvgIpc) is 2.13. The van der Waals surface area contributed by atoms with Gasteiger partial charge in [-0.3, -0.25) is 0 Å². The van der Waals surface area contributed by atoms with Crippen LogP contribution in [0.1, 0.15) is 26.7 Å². The van der Waals surface area contributed by atoms with Gasteiger partial charge in [0, 0.05) is 19.6 Å². The summed E-state index contributed by atoms with van der Waals surface area (Å²) in [4.78, 5) is 0. The molecule has 0 aliphatic heterocycles. The second-order valence-electron chi connectivity index (χ2n) is 2.74. The van der Waals surface area contributed by atoms with E-state index in [-0.39, 0.29) is 15.4 Å². The first-order chi connectivity index (χ1) is 6.35. The van der Waals surface area contributed by atoms with Crippen molar-refractivity contribution in [3.8, 4) is 6.07 Å². The summed E-state index contributed by atoms with van der Waals surface area (Å²) in [6.45, 7) is 5.40. The van der Waals surface area contributed by atoms with Gasteiger partial charge in [-0.15, -0.1) is 0 Å². The quantitative estimate of drug-likeness (QED) is 0.337. The van der Waals surface area contributed by atoms with Gasteiger partial charge in [0.1, 0.15) is 5.91 Å². The number of hydrogen-bond donors (Lipinski definition) is 0. The van der Waals surface area contributed by atoms with E-state index >= 15 is 0 Å². The van der Waals surface area contributed by atoms with E-state index in [1.54, 1.807) is 0 Å². The van der Waals surface area contributed by atoms with Crippen LogP contribution in [0.25, 0.3) is 0 Å². The Morgan fingerprint density at radius 1 is 1.31 bits per heavy atom. The van der Waals surface area contributed by atoms with Gasteiger partial charge in [0.2, 0.25) is 0 Å². The molecule has 76 valence electrons. The molecule has 0 rings (SSSR count). The van der Waals surface area contributed by atoms with E-state index in [1.807, 2.05) is 13.8 Å². The van der Waals surface area contributed by atoms with Gasteiger partial charge >= 0.3 is 0 Å². The maximum absolute atomic E-state index is 8.34. The van der Waals surface area contributed by atoms with Crippen molar-refractivity contribution in [1.29, 1.82) is 5.26 Å². The number of unbranched alkanes of at least 4 members (excludes halogenated alkanes) is 1. The second-order valence-corrected chi connectivity index (χ2v) is 4.70. The topological polar surface area (TPSA) is 42.2 Å². The summed E-state index contributed by atoms with van der Waals surface area (Å²) in [7, 11) is -0.313. The third-order valence-electron chi connectivity index (χ3n) is 1.68. The molecule has 0 spiro atoms. The predicted molar refractivity (Wildman–Crippen MR) is 55.2 cm³/mol. The minimum Gasteiger partial charge on any atom is -0.357 e. The Morgan fingerprint density at radius 2 is 1.92 bits per heavy atom. The Kier molecular flexibility index (Phi) is 9.43. The molecule has 0 saturated carbocycles. The number of nitrogens with zero attached hydrogens (tertiary/aromatic N) is 1. The van der Waals surface area contributed by atoms with E-state index in [1.165, 1.54) is 0 Å². The summed E-state index contributed by atoms with van der Waals surface area (Å²) in [6.07, 6.45) is 1.66. The SMILES string of the molecule is CCOC(OCC)[SiH2]CCCC#N. The van der Waals surface area contributed by atoms with Crippen LogP contribution in [0.15, 0.2) is 0 Å². The molecule has 0 aromatic carbocycles. The van der Waals surface area contributed by atoms with Crippen LogP contribution in [0.4, 0.5) is 0 Å². The average molecular weight is 201 g/mol. The lowest BCUT2D eigenvalue weighted by molar-refractivity contribution is -0.0827. The molecule has 0 N–H and O–H groups in total. The molecule has 13 heavy (non-hydrogen) atoms. The summed E-state index contributed by atoms with van der Waals surface area (Å²) in [5.41, 5.74) is 0. The Balaban J connectivity index is 3.39. The molecule has 0 amide bonds. The van der Waals surface area contributed by atoms with Gasteiger partial charge in [0.15, 0.2) is 0 Å². The maximum Gasteiger partial charge on any atom is 0.134 e. The lowest BCUT2D eigenvalue weighted by Crippen LogP contribution is -2.24. The van der Waals surface area contributed by atoms with Gasteiger partial charge in [-0.05, 0) is 20.3 Å². The van der Waals surface area contributed by atoms with E-state index in [0.29, 0.717) is 6.42 Å². The van der Waals surface area contributed by atoms with Crippen molar-refractivity contribution in [2.45, 2.75) is 38.6 Å². The number of hydrogen-bond acceptors (Lipinski definition) is 3. The number of ether oxygens (including phenoxy) is 2. The standard InChI is InChI=1S/C9H19NO2Si/c1-3-11-9(12-4-2)13-8-6-5-7-10/h9H,3-6,8,13H2,1-2H3. The minimum absolute atomic E-state index is 0.0636. The molecule has 0 aromatic heterocycles. The first kappa shape index (κ1) is 12.6. The van der Waals surface area contributed by atoms with E-state index < -0.39 is 0 Å². The Bertz CT molecular complexity index is 141. The lowest BCUT2D eigenvalue weighted by Gasteiger charge is -2.15. The Labute approximate surface area is 82.9 Å². The third-order valence-corrected chi connectivity index (χ3v) is 3.53. The summed E-state index contributed by atoms with van der Waals surface area (Å²) in [5, 5.41) is 8.34. The molecule has 0 bridgehead atoms. The molecule has 0 atom stereocenters. The number of nitriles is 1. The molecule has 0 radical (unpaired) electrons. The highest BCUT2D eigenvalue weighted by Gasteiger charge is 2.07. The van der Waals surface area contributed by atoms with Crippen molar-refractivity contribution in [2.24, 2.45) is 0 Å². The molecule has 0 aliphatic rings. The smallest absolute Gasteiger partial charge is 0.134 e. The van der Waals surface area contributed by atoms with Crippen molar-refractivity contribution in [1.82, 2.24) is 0 Å². The highest BCUT2D eigenvalue weighted by atomic mass is 28.2. The highest BCUT2D eigenvalue weighted by molar-refractivity contribution is 6.36. The van der Waals surface area contributed by atoms with Crippen LogP contribution in [-0.2, 0) is 9.47 Å². The van der Waals surface area contributed by atoms with Gasteiger partial charge in [-0.1, -0.05) is 6.04 Å². The van der Waals surface area contributed by atoms with Crippen LogP contribution in [0.5, 0.6) is 0 Å². The van der Waals surface area contributed by atoms with Crippen molar-refractivity contribution < 1.29 is 9.47 Å². The van der Waals surface area contributed by atoms with Crippen LogP contribution in [0.2, 0.25) is 6.04 Å². The summed E-state index contributed by atoms with van der Waals surface area (Å²) >= 11 is 0. The van der Waals surface area contributed by atoms with Gasteiger partial charge in [0.25, 0.3) is 0 Å². The fourth-order valence-electron chi connectivity index (χ4n) is 1.10. The summed E-state index contributed by atoms with van der Waals surface area (Å²) in [5.74, 6) is 0.0636. The lowest BCUT2D eigenvalue weighted by atomic mass is 10.4. The van der Waals surface area contributed by atoms with Gasteiger partial charge in [-0.25, -0.2) is 0 Å². The van der Waals surface area contributed by atoms with E-state index in [9.17, 15) is 0 Å². The van der Waals surface area contributed by atoms with Crippen LogP contribution in [0.3, 0.4) is 0 Å². The molecule has 0 unspecified atom stereocenters.